The second-order valence-corrected chi connectivity index (χ2v) is 7.22. The van der Waals surface area contributed by atoms with Gasteiger partial charge in [-0.15, -0.1) is 0 Å². The largest absolute Gasteiger partial charge is 0.366 e. The van der Waals surface area contributed by atoms with E-state index in [0.29, 0.717) is 10.7 Å². The Balaban J connectivity index is 1.73. The normalized spacial score (nSPS) is 11.6. The van der Waals surface area contributed by atoms with E-state index in [1.54, 1.807) is 24.3 Å². The summed E-state index contributed by atoms with van der Waals surface area (Å²) < 4.78 is 13.1. The number of rotatable bonds is 5. The van der Waals surface area contributed by atoms with Crippen LogP contribution in [0.1, 0.15) is 34.5 Å². The Morgan fingerprint density at radius 2 is 1.72 bits per heavy atom. The van der Waals surface area contributed by atoms with Crippen molar-refractivity contribution in [2.75, 3.05) is 5.32 Å². The maximum absolute atomic E-state index is 13.1. The van der Waals surface area contributed by atoms with Gasteiger partial charge in [-0.2, -0.15) is 0 Å². The van der Waals surface area contributed by atoms with Gasteiger partial charge < -0.3 is 16.4 Å². The van der Waals surface area contributed by atoms with Crippen LogP contribution in [0.3, 0.4) is 0 Å². The molecule has 0 aliphatic heterocycles. The van der Waals surface area contributed by atoms with E-state index in [9.17, 15) is 9.18 Å². The van der Waals surface area contributed by atoms with Crippen molar-refractivity contribution in [3.8, 4) is 11.1 Å². The van der Waals surface area contributed by atoms with Crippen molar-refractivity contribution >= 4 is 28.9 Å². The fourth-order valence-corrected chi connectivity index (χ4v) is 3.47. The van der Waals surface area contributed by atoms with Gasteiger partial charge in [0, 0.05) is 11.3 Å². The highest BCUT2D eigenvalue weighted by atomic mass is 32.1. The molecule has 4 nitrogen and oxygen atoms in total. The van der Waals surface area contributed by atoms with Gasteiger partial charge in [0.1, 0.15) is 5.82 Å². The van der Waals surface area contributed by atoms with E-state index in [1.165, 1.54) is 12.1 Å². The zero-order chi connectivity index (χ0) is 21.0. The van der Waals surface area contributed by atoms with E-state index >= 15 is 0 Å². The molecule has 0 saturated carbocycles. The number of benzene rings is 3. The summed E-state index contributed by atoms with van der Waals surface area (Å²) >= 11 is 5.41. The first kappa shape index (κ1) is 20.5. The zero-order valence-corrected chi connectivity index (χ0v) is 17.0. The number of aryl methyl sites for hydroxylation is 1. The molecule has 0 heterocycles. The average Bonchev–Trinajstić information content (AvgIpc) is 2.68. The van der Waals surface area contributed by atoms with Crippen LogP contribution in [-0.4, -0.2) is 11.0 Å². The number of amides is 1. The van der Waals surface area contributed by atoms with Crippen LogP contribution in [0.4, 0.5) is 10.1 Å². The number of halogens is 1. The third kappa shape index (κ3) is 4.97. The van der Waals surface area contributed by atoms with Gasteiger partial charge in [-0.3, -0.25) is 4.79 Å². The second kappa shape index (κ2) is 8.84. The molecule has 0 spiro atoms. The summed E-state index contributed by atoms with van der Waals surface area (Å²) in [4.78, 5) is 11.7. The fraction of sp³-hybridized carbons (Fsp3) is 0.130. The second-order valence-electron chi connectivity index (χ2n) is 6.81. The van der Waals surface area contributed by atoms with Crippen LogP contribution in [0, 0.1) is 12.7 Å². The summed E-state index contributed by atoms with van der Waals surface area (Å²) in [6, 6.07) is 19.3. The SMILES string of the molecule is Cc1cc(NC(=S)NC(C)c2ccc(F)cc2)ccc1-c1ccccc1C(N)=O. The van der Waals surface area contributed by atoms with Crippen LogP contribution >= 0.6 is 12.2 Å². The number of hydrogen-bond donors (Lipinski definition) is 3. The molecule has 1 amide bonds. The van der Waals surface area contributed by atoms with Crippen LogP contribution < -0.4 is 16.4 Å². The van der Waals surface area contributed by atoms with Crippen LogP contribution in [0.2, 0.25) is 0 Å². The summed E-state index contributed by atoms with van der Waals surface area (Å²) in [5.41, 5.74) is 10.5. The highest BCUT2D eigenvalue weighted by molar-refractivity contribution is 7.80. The van der Waals surface area contributed by atoms with Crippen molar-refractivity contribution in [3.63, 3.8) is 0 Å². The number of thiocarbonyl (C=S) groups is 1. The number of anilines is 1. The van der Waals surface area contributed by atoms with Gasteiger partial charge >= 0.3 is 0 Å². The van der Waals surface area contributed by atoms with E-state index in [4.69, 9.17) is 18.0 Å². The van der Waals surface area contributed by atoms with Crippen LogP contribution in [0.5, 0.6) is 0 Å². The maximum atomic E-state index is 13.1. The molecule has 3 aromatic carbocycles. The van der Waals surface area contributed by atoms with Crippen LogP contribution in [0.15, 0.2) is 66.7 Å². The fourth-order valence-electron chi connectivity index (χ4n) is 3.18. The van der Waals surface area contributed by atoms with Gasteiger partial charge in [0.05, 0.1) is 6.04 Å². The number of primary amides is 1. The minimum atomic E-state index is -0.456. The topological polar surface area (TPSA) is 67.2 Å². The van der Waals surface area contributed by atoms with Crippen molar-refractivity contribution in [3.05, 3.63) is 89.2 Å². The van der Waals surface area contributed by atoms with E-state index in [2.05, 4.69) is 10.6 Å². The maximum Gasteiger partial charge on any atom is 0.249 e. The Morgan fingerprint density at radius 3 is 2.38 bits per heavy atom. The average molecular weight is 408 g/mol. The van der Waals surface area contributed by atoms with Gasteiger partial charge in [0.2, 0.25) is 5.91 Å². The smallest absolute Gasteiger partial charge is 0.249 e. The first-order chi connectivity index (χ1) is 13.8. The number of carbonyl (C=O) groups is 1. The lowest BCUT2D eigenvalue weighted by Crippen LogP contribution is -2.30. The zero-order valence-electron chi connectivity index (χ0n) is 16.2. The van der Waals surface area contributed by atoms with Gasteiger partial charge in [-0.25, -0.2) is 4.39 Å². The summed E-state index contributed by atoms with van der Waals surface area (Å²) in [5.74, 6) is -0.725. The minimum Gasteiger partial charge on any atom is -0.366 e. The van der Waals surface area contributed by atoms with Crippen molar-refractivity contribution in [1.82, 2.24) is 5.32 Å². The molecule has 3 aromatic rings. The molecule has 0 radical (unpaired) electrons. The van der Waals surface area contributed by atoms with E-state index in [-0.39, 0.29) is 11.9 Å². The lowest BCUT2D eigenvalue weighted by Gasteiger charge is -2.18. The highest BCUT2D eigenvalue weighted by Crippen LogP contribution is 2.28. The monoisotopic (exact) mass is 407 g/mol. The molecule has 0 aliphatic rings. The molecule has 29 heavy (non-hydrogen) atoms. The van der Waals surface area contributed by atoms with Crippen LogP contribution in [0.25, 0.3) is 11.1 Å². The first-order valence-electron chi connectivity index (χ1n) is 9.18. The van der Waals surface area contributed by atoms with E-state index in [0.717, 1.165) is 27.9 Å². The van der Waals surface area contributed by atoms with Crippen molar-refractivity contribution in [2.45, 2.75) is 19.9 Å². The van der Waals surface area contributed by atoms with Crippen molar-refractivity contribution in [1.29, 1.82) is 0 Å². The number of nitrogens with two attached hydrogens (primary N) is 1. The third-order valence-electron chi connectivity index (χ3n) is 4.68. The lowest BCUT2D eigenvalue weighted by atomic mass is 9.95. The minimum absolute atomic E-state index is 0.0709. The summed E-state index contributed by atoms with van der Waals surface area (Å²) in [6.07, 6.45) is 0. The van der Waals surface area contributed by atoms with Gasteiger partial charge in [0.25, 0.3) is 0 Å². The summed E-state index contributed by atoms with van der Waals surface area (Å²) in [6.45, 7) is 3.92. The van der Waals surface area contributed by atoms with Gasteiger partial charge in [-0.05, 0) is 78.7 Å². The Morgan fingerprint density at radius 1 is 1.03 bits per heavy atom. The molecule has 0 aromatic heterocycles. The molecule has 1 atom stereocenters. The first-order valence-corrected chi connectivity index (χ1v) is 9.59. The van der Waals surface area contributed by atoms with E-state index < -0.39 is 5.91 Å². The van der Waals surface area contributed by atoms with Gasteiger partial charge in [0.15, 0.2) is 5.11 Å². The summed E-state index contributed by atoms with van der Waals surface area (Å²) in [5, 5.41) is 6.82. The molecule has 0 fully saturated rings. The molecule has 148 valence electrons. The highest BCUT2D eigenvalue weighted by Gasteiger charge is 2.12. The number of nitrogens with one attached hydrogen (secondary N) is 2. The Hall–Kier alpha value is -3.25. The predicted molar refractivity (Wildman–Crippen MR) is 119 cm³/mol. The Labute approximate surface area is 174 Å². The Bertz CT molecular complexity index is 1050. The molecular formula is C23H22FN3OS. The van der Waals surface area contributed by atoms with Crippen molar-refractivity contribution in [2.24, 2.45) is 5.73 Å². The molecule has 1 unspecified atom stereocenters. The molecule has 0 aliphatic carbocycles. The molecule has 4 N–H and O–H groups in total. The lowest BCUT2D eigenvalue weighted by molar-refractivity contribution is 0.100. The van der Waals surface area contributed by atoms with Crippen LogP contribution in [-0.2, 0) is 0 Å². The van der Waals surface area contributed by atoms with Gasteiger partial charge in [-0.1, -0.05) is 36.4 Å². The number of carbonyl (C=O) groups excluding carboxylic acids is 1. The standard InChI is InChI=1S/C23H22FN3OS/c1-14-13-18(11-12-19(14)20-5-3-4-6-21(20)22(25)28)27-23(29)26-15(2)16-7-9-17(24)10-8-16/h3-13,15H,1-2H3,(H2,25,28)(H2,26,27,29). The summed E-state index contributed by atoms with van der Waals surface area (Å²) in [7, 11) is 0. The quantitative estimate of drug-likeness (QED) is 0.524. The molecule has 0 saturated heterocycles. The van der Waals surface area contributed by atoms with Crippen molar-refractivity contribution < 1.29 is 9.18 Å². The molecule has 0 bridgehead atoms. The molecular weight excluding hydrogens is 385 g/mol. The number of hydrogen-bond acceptors (Lipinski definition) is 2. The Kier molecular flexibility index (Phi) is 6.24. The third-order valence-corrected chi connectivity index (χ3v) is 4.90. The molecule has 6 heteroatoms. The predicted octanol–water partition coefficient (Wildman–Crippen LogP) is 4.95. The van der Waals surface area contributed by atoms with E-state index in [1.807, 2.05) is 44.2 Å². The molecule has 3 rings (SSSR count).